The third kappa shape index (κ3) is 10.8. The van der Waals surface area contributed by atoms with E-state index in [1.165, 1.54) is 10.8 Å². The van der Waals surface area contributed by atoms with Crippen LogP contribution in [-0.2, 0) is 8.54 Å². The first-order valence-electron chi connectivity index (χ1n) is 3.09. The minimum absolute atomic E-state index is 0.754. The van der Waals surface area contributed by atoms with Crippen molar-refractivity contribution in [2.75, 3.05) is 5.75 Å². The van der Waals surface area contributed by atoms with Gasteiger partial charge in [-0.15, -0.1) is 0 Å². The molecule has 0 aliphatic heterocycles. The predicted molar refractivity (Wildman–Crippen MR) is 48.1 cm³/mol. The molecule has 0 aromatic rings. The smallest absolute Gasteiger partial charge is 0.302 e. The fourth-order valence-corrected chi connectivity index (χ4v) is 2.92. The van der Waals surface area contributed by atoms with Crippen molar-refractivity contribution in [1.82, 2.24) is 0 Å². The molecular formula is C4H11O4PS2. The summed E-state index contributed by atoms with van der Waals surface area (Å²) in [4.78, 5) is 16.5. The molecule has 0 unspecified atom stereocenters. The minimum Gasteiger partial charge on any atom is -0.302 e. The van der Waals surface area contributed by atoms with Crippen molar-refractivity contribution < 1.29 is 18.3 Å². The molecule has 0 rings (SSSR count). The second-order valence-corrected chi connectivity index (χ2v) is 5.28. The van der Waals surface area contributed by atoms with Crippen LogP contribution in [0.4, 0.5) is 0 Å². The van der Waals surface area contributed by atoms with Crippen molar-refractivity contribution in [3.8, 4) is 0 Å². The van der Waals surface area contributed by atoms with E-state index in [9.17, 15) is 4.57 Å². The van der Waals surface area contributed by atoms with Crippen LogP contribution >= 0.6 is 29.7 Å². The zero-order valence-electron chi connectivity index (χ0n) is 6.10. The van der Waals surface area contributed by atoms with Gasteiger partial charge >= 0.3 is 7.82 Å². The van der Waals surface area contributed by atoms with Gasteiger partial charge in [0.05, 0.1) is 11.1 Å². The Balaban J connectivity index is 3.09. The summed E-state index contributed by atoms with van der Waals surface area (Å²) in [5, 5.41) is 0. The molecule has 7 heteroatoms. The zero-order valence-corrected chi connectivity index (χ0v) is 8.62. The van der Waals surface area contributed by atoms with Crippen molar-refractivity contribution in [2.24, 2.45) is 0 Å². The summed E-state index contributed by atoms with van der Waals surface area (Å²) in [5.74, 6) is 0.848. The van der Waals surface area contributed by atoms with Gasteiger partial charge < -0.3 is 9.79 Å². The lowest BCUT2D eigenvalue weighted by Gasteiger charge is -2.01. The Morgan fingerprint density at radius 2 is 2.18 bits per heavy atom. The van der Waals surface area contributed by atoms with Gasteiger partial charge in [0.15, 0.2) is 0 Å². The van der Waals surface area contributed by atoms with Gasteiger partial charge in [-0.25, -0.2) is 8.54 Å². The van der Waals surface area contributed by atoms with Gasteiger partial charge in [0.25, 0.3) is 0 Å². The lowest BCUT2D eigenvalue weighted by atomic mass is 10.4. The monoisotopic (exact) mass is 218 g/mol. The van der Waals surface area contributed by atoms with Crippen molar-refractivity contribution in [3.63, 3.8) is 0 Å². The van der Waals surface area contributed by atoms with Crippen LogP contribution in [0, 0.1) is 0 Å². The van der Waals surface area contributed by atoms with Crippen LogP contribution in [0.5, 0.6) is 0 Å². The summed E-state index contributed by atoms with van der Waals surface area (Å²) in [6, 6.07) is 0. The van der Waals surface area contributed by atoms with E-state index < -0.39 is 7.82 Å². The van der Waals surface area contributed by atoms with Crippen molar-refractivity contribution in [3.05, 3.63) is 0 Å². The molecule has 0 radical (unpaired) electrons. The molecule has 0 spiro atoms. The molecule has 0 atom stereocenters. The van der Waals surface area contributed by atoms with E-state index in [1.807, 2.05) is 0 Å². The average molecular weight is 218 g/mol. The highest BCUT2D eigenvalue weighted by Crippen LogP contribution is 2.44. The van der Waals surface area contributed by atoms with Crippen LogP contribution in [0.2, 0.25) is 0 Å². The first kappa shape index (κ1) is 11.8. The fraction of sp³-hybridized carbons (Fsp3) is 1.00. The Morgan fingerprint density at radius 1 is 1.55 bits per heavy atom. The maximum absolute atomic E-state index is 10.1. The Bertz CT molecular complexity index is 136. The Labute approximate surface area is 73.9 Å². The second kappa shape index (κ2) is 6.34. The highest BCUT2D eigenvalue weighted by molar-refractivity contribution is 8.75. The summed E-state index contributed by atoms with van der Waals surface area (Å²) in [6.45, 7) is 2.05. The molecule has 2 N–H and O–H groups in total. The minimum atomic E-state index is -4.27. The van der Waals surface area contributed by atoms with E-state index in [0.717, 1.165) is 29.7 Å². The molecule has 0 aromatic heterocycles. The number of unbranched alkanes of at least 4 members (excludes halogenated alkanes) is 1. The summed E-state index contributed by atoms with van der Waals surface area (Å²) >= 11 is 0.754. The summed E-state index contributed by atoms with van der Waals surface area (Å²) in [7, 11) is -2.97. The van der Waals surface area contributed by atoms with Gasteiger partial charge in [-0.05, 0) is 6.42 Å². The Morgan fingerprint density at radius 3 is 2.64 bits per heavy atom. The van der Waals surface area contributed by atoms with Crippen LogP contribution in [-0.4, -0.2) is 15.5 Å². The van der Waals surface area contributed by atoms with E-state index in [2.05, 4.69) is 10.9 Å². The quantitative estimate of drug-likeness (QED) is 0.308. The van der Waals surface area contributed by atoms with Gasteiger partial charge in [-0.2, -0.15) is 0 Å². The molecule has 0 aromatic carbocycles. The molecular weight excluding hydrogens is 207 g/mol. The van der Waals surface area contributed by atoms with Crippen molar-refractivity contribution >= 4 is 29.7 Å². The molecule has 11 heavy (non-hydrogen) atoms. The molecule has 0 aliphatic carbocycles. The number of phosphoric acid groups is 1. The number of hydrogen-bond acceptors (Lipinski definition) is 4. The highest BCUT2D eigenvalue weighted by Gasteiger charge is 2.14. The van der Waals surface area contributed by atoms with Crippen molar-refractivity contribution in [2.45, 2.75) is 19.8 Å². The topological polar surface area (TPSA) is 66.8 Å². The highest BCUT2D eigenvalue weighted by atomic mass is 33.1. The average Bonchev–Trinajstić information content (AvgIpc) is 1.85. The largest absolute Gasteiger partial charge is 0.481 e. The van der Waals surface area contributed by atoms with E-state index in [4.69, 9.17) is 9.79 Å². The number of rotatable bonds is 6. The normalized spacial score (nSPS) is 11.9. The summed E-state index contributed by atoms with van der Waals surface area (Å²) in [6.07, 6.45) is 2.10. The van der Waals surface area contributed by atoms with E-state index in [-0.39, 0.29) is 0 Å². The van der Waals surface area contributed by atoms with Crippen molar-refractivity contribution in [1.29, 1.82) is 0 Å². The Kier molecular flexibility index (Phi) is 6.81. The maximum Gasteiger partial charge on any atom is 0.481 e. The third-order valence-corrected chi connectivity index (χ3v) is 3.67. The van der Waals surface area contributed by atoms with Gasteiger partial charge in [-0.1, -0.05) is 24.1 Å². The van der Waals surface area contributed by atoms with Crippen LogP contribution in [0.25, 0.3) is 0 Å². The SMILES string of the molecule is CCCCSSOP(=O)(O)O. The summed E-state index contributed by atoms with van der Waals surface area (Å²) < 4.78 is 14.2. The molecule has 0 aliphatic rings. The molecule has 0 heterocycles. The molecule has 68 valence electrons. The molecule has 0 saturated carbocycles. The molecule has 4 nitrogen and oxygen atoms in total. The van der Waals surface area contributed by atoms with E-state index in [1.54, 1.807) is 0 Å². The van der Waals surface area contributed by atoms with Gasteiger partial charge in [0.2, 0.25) is 0 Å². The van der Waals surface area contributed by atoms with Crippen LogP contribution in [0.15, 0.2) is 0 Å². The third-order valence-electron chi connectivity index (χ3n) is 0.757. The summed E-state index contributed by atoms with van der Waals surface area (Å²) in [5.41, 5.74) is 0. The molecule has 0 amide bonds. The number of hydrogen-bond donors (Lipinski definition) is 2. The van der Waals surface area contributed by atoms with Crippen LogP contribution in [0.3, 0.4) is 0 Å². The standard InChI is InChI=1S/C4H11O4PS2/c1-2-3-4-10-11-8-9(5,6)7/h2-4H2,1H3,(H2,5,6,7). The van der Waals surface area contributed by atoms with Crippen LogP contribution < -0.4 is 0 Å². The van der Waals surface area contributed by atoms with Crippen LogP contribution in [0.1, 0.15) is 19.8 Å². The lowest BCUT2D eigenvalue weighted by Crippen LogP contribution is -1.77. The van der Waals surface area contributed by atoms with Gasteiger partial charge in [-0.3, -0.25) is 0 Å². The maximum atomic E-state index is 10.1. The Hall–Kier alpha value is 0.810. The molecule has 0 bridgehead atoms. The van der Waals surface area contributed by atoms with E-state index >= 15 is 0 Å². The zero-order chi connectivity index (χ0) is 8.74. The second-order valence-electron chi connectivity index (χ2n) is 1.81. The van der Waals surface area contributed by atoms with Gasteiger partial charge in [0, 0.05) is 5.75 Å². The van der Waals surface area contributed by atoms with Gasteiger partial charge in [0.1, 0.15) is 0 Å². The predicted octanol–water partition coefficient (Wildman–Crippen LogP) is 2.19. The molecule has 0 fully saturated rings. The first-order chi connectivity index (χ1) is 5.06. The fourth-order valence-electron chi connectivity index (χ4n) is 0.298. The lowest BCUT2D eigenvalue weighted by molar-refractivity contribution is 0.300. The van der Waals surface area contributed by atoms with E-state index in [0.29, 0.717) is 0 Å². The first-order valence-corrected chi connectivity index (χ1v) is 6.87. The molecule has 0 saturated heterocycles.